The van der Waals surface area contributed by atoms with Crippen LogP contribution < -0.4 is 10.1 Å². The highest BCUT2D eigenvalue weighted by Gasteiger charge is 2.27. The number of nitrogens with zero attached hydrogens (tertiary/aromatic N) is 1. The van der Waals surface area contributed by atoms with Gasteiger partial charge in [0, 0.05) is 20.0 Å². The van der Waals surface area contributed by atoms with Gasteiger partial charge >= 0.3 is 0 Å². The zero-order chi connectivity index (χ0) is 20.4. The zero-order valence-corrected chi connectivity index (χ0v) is 17.0. The van der Waals surface area contributed by atoms with Gasteiger partial charge in [0.15, 0.2) is 0 Å². The van der Waals surface area contributed by atoms with Crippen molar-refractivity contribution in [1.82, 2.24) is 10.2 Å². The Morgan fingerprint density at radius 2 is 1.86 bits per heavy atom. The molecule has 0 fully saturated rings. The van der Waals surface area contributed by atoms with E-state index in [4.69, 9.17) is 4.74 Å². The van der Waals surface area contributed by atoms with Crippen LogP contribution in [0, 0.1) is 6.92 Å². The molecule has 2 amide bonds. The molecule has 2 aromatic rings. The molecule has 0 radical (unpaired) electrons. The van der Waals surface area contributed by atoms with Gasteiger partial charge in [-0.1, -0.05) is 55.0 Å². The Morgan fingerprint density at radius 3 is 2.50 bits per heavy atom. The summed E-state index contributed by atoms with van der Waals surface area (Å²) in [4.78, 5) is 27.0. The second-order valence-corrected chi connectivity index (χ2v) is 6.81. The largest absolute Gasteiger partial charge is 0.494 e. The van der Waals surface area contributed by atoms with Crippen molar-refractivity contribution in [3.8, 4) is 5.75 Å². The second-order valence-electron chi connectivity index (χ2n) is 6.81. The van der Waals surface area contributed by atoms with Gasteiger partial charge in [0.05, 0.1) is 6.61 Å². The van der Waals surface area contributed by atoms with Gasteiger partial charge in [-0.05, 0) is 37.5 Å². The van der Waals surface area contributed by atoms with E-state index in [0.29, 0.717) is 32.4 Å². The summed E-state index contributed by atoms with van der Waals surface area (Å²) in [6, 6.07) is 17.1. The SMILES string of the molecule is CCC(C(=O)NC)N(Cc1cccc(C)c1)C(=O)CCCOc1ccccc1. The number of likely N-dealkylation sites (N-methyl/N-ethyl adjacent to an activating group) is 1. The van der Waals surface area contributed by atoms with E-state index in [1.54, 1.807) is 11.9 Å². The molecule has 0 heterocycles. The Bertz CT molecular complexity index is 761. The van der Waals surface area contributed by atoms with E-state index >= 15 is 0 Å². The van der Waals surface area contributed by atoms with Crippen LogP contribution in [0.4, 0.5) is 0 Å². The number of aryl methyl sites for hydroxylation is 1. The molecule has 0 bridgehead atoms. The van der Waals surface area contributed by atoms with Crippen molar-refractivity contribution < 1.29 is 14.3 Å². The van der Waals surface area contributed by atoms with Crippen LogP contribution in [-0.4, -0.2) is 36.4 Å². The summed E-state index contributed by atoms with van der Waals surface area (Å²) in [5.41, 5.74) is 2.16. The summed E-state index contributed by atoms with van der Waals surface area (Å²) >= 11 is 0. The molecule has 2 aromatic carbocycles. The average Bonchev–Trinajstić information content (AvgIpc) is 2.71. The van der Waals surface area contributed by atoms with Gasteiger partial charge in [-0.25, -0.2) is 0 Å². The highest BCUT2D eigenvalue weighted by molar-refractivity contribution is 5.87. The number of para-hydroxylation sites is 1. The van der Waals surface area contributed by atoms with Gasteiger partial charge in [0.1, 0.15) is 11.8 Å². The normalized spacial score (nSPS) is 11.5. The van der Waals surface area contributed by atoms with Crippen LogP contribution in [0.15, 0.2) is 54.6 Å². The number of amides is 2. The fourth-order valence-corrected chi connectivity index (χ4v) is 3.17. The fraction of sp³-hybridized carbons (Fsp3) is 0.391. The molecule has 0 saturated heterocycles. The molecule has 1 atom stereocenters. The van der Waals surface area contributed by atoms with E-state index in [0.717, 1.165) is 16.9 Å². The lowest BCUT2D eigenvalue weighted by Gasteiger charge is -2.30. The average molecular weight is 383 g/mol. The lowest BCUT2D eigenvalue weighted by molar-refractivity contribution is -0.141. The van der Waals surface area contributed by atoms with Crippen LogP contribution in [0.2, 0.25) is 0 Å². The van der Waals surface area contributed by atoms with Crippen LogP contribution in [0.3, 0.4) is 0 Å². The number of nitrogens with one attached hydrogen (secondary N) is 1. The zero-order valence-electron chi connectivity index (χ0n) is 17.0. The maximum atomic E-state index is 13.0. The van der Waals surface area contributed by atoms with Crippen LogP contribution >= 0.6 is 0 Å². The van der Waals surface area contributed by atoms with Gasteiger partial charge in [-0.15, -0.1) is 0 Å². The molecule has 1 unspecified atom stereocenters. The Balaban J connectivity index is 2.02. The molecule has 5 heteroatoms. The summed E-state index contributed by atoms with van der Waals surface area (Å²) in [5.74, 6) is 0.626. The summed E-state index contributed by atoms with van der Waals surface area (Å²) in [5, 5.41) is 2.68. The predicted octanol–water partition coefficient (Wildman–Crippen LogP) is 3.71. The van der Waals surface area contributed by atoms with Gasteiger partial charge < -0.3 is 15.0 Å². The number of hydrogen-bond donors (Lipinski definition) is 1. The van der Waals surface area contributed by atoms with Crippen molar-refractivity contribution in [2.24, 2.45) is 0 Å². The Morgan fingerprint density at radius 1 is 1.11 bits per heavy atom. The third kappa shape index (κ3) is 6.41. The third-order valence-corrected chi connectivity index (χ3v) is 4.61. The van der Waals surface area contributed by atoms with Gasteiger partial charge in [-0.2, -0.15) is 0 Å². The molecule has 0 aromatic heterocycles. The van der Waals surface area contributed by atoms with Crippen molar-refractivity contribution in [3.63, 3.8) is 0 Å². The second kappa shape index (κ2) is 11.1. The maximum absolute atomic E-state index is 13.0. The lowest BCUT2D eigenvalue weighted by atomic mass is 10.1. The first kappa shape index (κ1) is 21.5. The predicted molar refractivity (Wildman–Crippen MR) is 111 cm³/mol. The molecule has 1 N–H and O–H groups in total. The summed E-state index contributed by atoms with van der Waals surface area (Å²) in [6.07, 6.45) is 1.51. The highest BCUT2D eigenvalue weighted by atomic mass is 16.5. The summed E-state index contributed by atoms with van der Waals surface area (Å²) < 4.78 is 5.68. The minimum Gasteiger partial charge on any atom is -0.494 e. The van der Waals surface area contributed by atoms with Crippen molar-refractivity contribution in [2.75, 3.05) is 13.7 Å². The van der Waals surface area contributed by atoms with Crippen LogP contribution in [-0.2, 0) is 16.1 Å². The third-order valence-electron chi connectivity index (χ3n) is 4.61. The number of benzene rings is 2. The first-order valence-electron chi connectivity index (χ1n) is 9.79. The molecule has 0 saturated carbocycles. The van der Waals surface area contributed by atoms with E-state index in [1.165, 1.54) is 0 Å². The Kier molecular flexibility index (Phi) is 8.53. The van der Waals surface area contributed by atoms with E-state index in [2.05, 4.69) is 11.4 Å². The molecule has 0 aliphatic rings. The van der Waals surface area contributed by atoms with E-state index in [-0.39, 0.29) is 11.8 Å². The van der Waals surface area contributed by atoms with E-state index in [9.17, 15) is 9.59 Å². The molecule has 28 heavy (non-hydrogen) atoms. The number of hydrogen-bond acceptors (Lipinski definition) is 3. The Hall–Kier alpha value is -2.82. The van der Waals surface area contributed by atoms with Crippen molar-refractivity contribution in [1.29, 1.82) is 0 Å². The number of ether oxygens (including phenoxy) is 1. The van der Waals surface area contributed by atoms with Crippen molar-refractivity contribution >= 4 is 11.8 Å². The van der Waals surface area contributed by atoms with Gasteiger partial charge in [0.2, 0.25) is 11.8 Å². The lowest BCUT2D eigenvalue weighted by Crippen LogP contribution is -2.48. The maximum Gasteiger partial charge on any atom is 0.242 e. The Labute approximate surface area is 167 Å². The van der Waals surface area contributed by atoms with Gasteiger partial charge in [0.25, 0.3) is 0 Å². The summed E-state index contributed by atoms with van der Waals surface area (Å²) in [6.45, 7) is 4.83. The van der Waals surface area contributed by atoms with Crippen LogP contribution in [0.25, 0.3) is 0 Å². The van der Waals surface area contributed by atoms with Crippen LogP contribution in [0.1, 0.15) is 37.3 Å². The van der Waals surface area contributed by atoms with Crippen molar-refractivity contribution in [3.05, 3.63) is 65.7 Å². The minimum absolute atomic E-state index is 0.0337. The quantitative estimate of drug-likeness (QED) is 0.637. The van der Waals surface area contributed by atoms with Gasteiger partial charge in [-0.3, -0.25) is 9.59 Å². The molecule has 2 rings (SSSR count). The highest BCUT2D eigenvalue weighted by Crippen LogP contribution is 2.16. The first-order valence-corrected chi connectivity index (χ1v) is 9.79. The number of rotatable bonds is 10. The van der Waals surface area contributed by atoms with Crippen molar-refractivity contribution in [2.45, 2.75) is 45.7 Å². The minimum atomic E-state index is -0.479. The molecule has 0 aliphatic carbocycles. The molecule has 5 nitrogen and oxygen atoms in total. The number of carbonyl (C=O) groups excluding carboxylic acids is 2. The monoisotopic (exact) mass is 382 g/mol. The standard InChI is InChI=1S/C23H30N2O3/c1-4-21(23(27)24-3)25(17-19-11-8-10-18(2)16-19)22(26)14-9-15-28-20-12-6-5-7-13-20/h5-8,10-13,16,21H,4,9,14-15,17H2,1-3H3,(H,24,27). The molecule has 150 valence electrons. The molecule has 0 spiro atoms. The molecular formula is C23H30N2O3. The number of carbonyl (C=O) groups is 2. The van der Waals surface area contributed by atoms with E-state index in [1.807, 2.05) is 62.4 Å². The fourth-order valence-electron chi connectivity index (χ4n) is 3.17. The van der Waals surface area contributed by atoms with Crippen LogP contribution in [0.5, 0.6) is 5.75 Å². The van der Waals surface area contributed by atoms with E-state index < -0.39 is 6.04 Å². The topological polar surface area (TPSA) is 58.6 Å². The molecule has 0 aliphatic heterocycles. The molecular weight excluding hydrogens is 352 g/mol. The first-order chi connectivity index (χ1) is 13.5. The summed E-state index contributed by atoms with van der Waals surface area (Å²) in [7, 11) is 1.61. The smallest absolute Gasteiger partial charge is 0.242 e.